The topological polar surface area (TPSA) is 29.3 Å². The highest BCUT2D eigenvalue weighted by Gasteiger charge is 2.18. The van der Waals surface area contributed by atoms with Crippen molar-refractivity contribution < 1.29 is 0 Å². The summed E-state index contributed by atoms with van der Waals surface area (Å²) < 4.78 is 0. The zero-order valence-electron chi connectivity index (χ0n) is 10.4. The molecule has 1 aliphatic rings. The molecule has 0 amide bonds. The van der Waals surface area contributed by atoms with Crippen LogP contribution in [-0.2, 0) is 0 Å². The van der Waals surface area contributed by atoms with Crippen LogP contribution in [0.3, 0.4) is 0 Å². The fourth-order valence-corrected chi connectivity index (χ4v) is 2.49. The molecule has 2 N–H and O–H groups in total. The van der Waals surface area contributed by atoms with Gasteiger partial charge in [0, 0.05) is 24.5 Å². The van der Waals surface area contributed by atoms with Crippen LogP contribution < -0.4 is 10.6 Å². The van der Waals surface area contributed by atoms with Gasteiger partial charge in [-0.25, -0.2) is 0 Å². The Hall–Kier alpha value is -1.18. The predicted molar refractivity (Wildman–Crippen MR) is 70.8 cm³/mol. The van der Waals surface area contributed by atoms with Gasteiger partial charge >= 0.3 is 0 Å². The van der Waals surface area contributed by atoms with Gasteiger partial charge in [0.25, 0.3) is 0 Å². The minimum Gasteiger partial charge on any atom is -0.399 e. The average Bonchev–Trinajstić information content (AvgIpc) is 2.33. The largest absolute Gasteiger partial charge is 0.399 e. The van der Waals surface area contributed by atoms with E-state index in [0.717, 1.165) is 11.6 Å². The minimum atomic E-state index is 0.867. The Morgan fingerprint density at radius 2 is 2.25 bits per heavy atom. The van der Waals surface area contributed by atoms with E-state index in [0.29, 0.717) is 0 Å². The van der Waals surface area contributed by atoms with Crippen molar-refractivity contribution in [2.24, 2.45) is 5.92 Å². The molecule has 1 fully saturated rings. The highest BCUT2D eigenvalue weighted by molar-refractivity contribution is 5.58. The summed E-state index contributed by atoms with van der Waals surface area (Å²) in [4.78, 5) is 2.50. The molecule has 1 saturated heterocycles. The van der Waals surface area contributed by atoms with Crippen molar-refractivity contribution in [3.63, 3.8) is 0 Å². The maximum Gasteiger partial charge on any atom is 0.0370 e. The van der Waals surface area contributed by atoms with Crippen molar-refractivity contribution in [2.75, 3.05) is 23.7 Å². The summed E-state index contributed by atoms with van der Waals surface area (Å²) in [7, 11) is 0. The van der Waals surface area contributed by atoms with E-state index in [4.69, 9.17) is 5.73 Å². The summed E-state index contributed by atoms with van der Waals surface area (Å²) >= 11 is 0. The van der Waals surface area contributed by atoms with Gasteiger partial charge in [0.15, 0.2) is 0 Å². The van der Waals surface area contributed by atoms with Gasteiger partial charge in [-0.3, -0.25) is 0 Å². The molecule has 1 aromatic carbocycles. The number of rotatable bonds is 2. The van der Waals surface area contributed by atoms with Crippen LogP contribution in [0.2, 0.25) is 0 Å². The molecule has 0 spiro atoms. The molecule has 1 aliphatic heterocycles. The number of nitrogens with zero attached hydrogens (tertiary/aromatic N) is 1. The SMILES string of the molecule is CCC1CCCN(c2ccc(N)c(C)c2)C1. The second-order valence-electron chi connectivity index (χ2n) is 4.90. The van der Waals surface area contributed by atoms with Crippen LogP contribution in [0.25, 0.3) is 0 Å². The van der Waals surface area contributed by atoms with Crippen LogP contribution in [-0.4, -0.2) is 13.1 Å². The number of aryl methyl sites for hydroxylation is 1. The number of nitrogen functional groups attached to an aromatic ring is 1. The lowest BCUT2D eigenvalue weighted by Gasteiger charge is -2.34. The maximum atomic E-state index is 5.85. The smallest absolute Gasteiger partial charge is 0.0370 e. The summed E-state index contributed by atoms with van der Waals surface area (Å²) in [6.45, 7) is 6.78. The average molecular weight is 218 g/mol. The minimum absolute atomic E-state index is 0.867. The quantitative estimate of drug-likeness (QED) is 0.772. The summed E-state index contributed by atoms with van der Waals surface area (Å²) in [5.74, 6) is 0.867. The number of nitrogens with two attached hydrogens (primary N) is 1. The standard InChI is InChI=1S/C14H22N2/c1-3-12-5-4-8-16(10-12)13-6-7-14(15)11(2)9-13/h6-7,9,12H,3-5,8,10,15H2,1-2H3. The molecule has 1 heterocycles. The van der Waals surface area contributed by atoms with E-state index in [2.05, 4.69) is 30.9 Å². The van der Waals surface area contributed by atoms with E-state index < -0.39 is 0 Å². The normalized spacial score (nSPS) is 21.1. The van der Waals surface area contributed by atoms with Gasteiger partial charge in [-0.2, -0.15) is 0 Å². The lowest BCUT2D eigenvalue weighted by molar-refractivity contribution is 0.405. The van der Waals surface area contributed by atoms with Gasteiger partial charge in [0.2, 0.25) is 0 Å². The Kier molecular flexibility index (Phi) is 3.37. The van der Waals surface area contributed by atoms with Crippen molar-refractivity contribution >= 4 is 11.4 Å². The Labute approximate surface area is 98.4 Å². The van der Waals surface area contributed by atoms with Crippen LogP contribution in [0, 0.1) is 12.8 Å². The highest BCUT2D eigenvalue weighted by atomic mass is 15.1. The molecule has 2 rings (SSSR count). The number of hydrogen-bond acceptors (Lipinski definition) is 2. The predicted octanol–water partition coefficient (Wildman–Crippen LogP) is 3.20. The van der Waals surface area contributed by atoms with Gasteiger partial charge in [0.1, 0.15) is 0 Å². The fraction of sp³-hybridized carbons (Fsp3) is 0.571. The number of hydrogen-bond donors (Lipinski definition) is 1. The van der Waals surface area contributed by atoms with Crippen molar-refractivity contribution in [1.82, 2.24) is 0 Å². The Bertz CT molecular complexity index is 360. The van der Waals surface area contributed by atoms with E-state index in [9.17, 15) is 0 Å². The van der Waals surface area contributed by atoms with Crippen LogP contribution in [0.4, 0.5) is 11.4 Å². The van der Waals surface area contributed by atoms with Gasteiger partial charge < -0.3 is 10.6 Å². The van der Waals surface area contributed by atoms with Gasteiger partial charge in [0.05, 0.1) is 0 Å². The van der Waals surface area contributed by atoms with Gasteiger partial charge in [-0.15, -0.1) is 0 Å². The zero-order chi connectivity index (χ0) is 11.5. The first-order valence-corrected chi connectivity index (χ1v) is 6.31. The van der Waals surface area contributed by atoms with Gasteiger partial charge in [-0.05, 0) is 49.4 Å². The molecule has 16 heavy (non-hydrogen) atoms. The molecule has 1 unspecified atom stereocenters. The van der Waals surface area contributed by atoms with Crippen molar-refractivity contribution in [2.45, 2.75) is 33.1 Å². The second-order valence-corrected chi connectivity index (χ2v) is 4.90. The third-order valence-corrected chi connectivity index (χ3v) is 3.71. The second kappa shape index (κ2) is 4.77. The summed E-state index contributed by atoms with van der Waals surface area (Å²) in [6, 6.07) is 6.40. The maximum absolute atomic E-state index is 5.85. The summed E-state index contributed by atoms with van der Waals surface area (Å²) in [5.41, 5.74) is 9.28. The molecular formula is C14H22N2. The van der Waals surface area contributed by atoms with E-state index in [1.54, 1.807) is 0 Å². The van der Waals surface area contributed by atoms with E-state index in [1.165, 1.54) is 43.6 Å². The van der Waals surface area contributed by atoms with Crippen molar-refractivity contribution in [1.29, 1.82) is 0 Å². The van der Waals surface area contributed by atoms with Crippen molar-refractivity contribution in [3.05, 3.63) is 23.8 Å². The Morgan fingerprint density at radius 1 is 1.44 bits per heavy atom. The number of anilines is 2. The molecule has 0 saturated carbocycles. The lowest BCUT2D eigenvalue weighted by Crippen LogP contribution is -2.35. The number of benzene rings is 1. The first-order chi connectivity index (χ1) is 7.70. The molecule has 0 radical (unpaired) electrons. The first-order valence-electron chi connectivity index (χ1n) is 6.31. The van der Waals surface area contributed by atoms with Crippen LogP contribution in [0.5, 0.6) is 0 Å². The van der Waals surface area contributed by atoms with Crippen LogP contribution >= 0.6 is 0 Å². The molecule has 2 nitrogen and oxygen atoms in total. The molecule has 1 aromatic rings. The molecule has 2 heteroatoms. The number of piperidine rings is 1. The molecular weight excluding hydrogens is 196 g/mol. The third kappa shape index (κ3) is 2.31. The lowest BCUT2D eigenvalue weighted by atomic mass is 9.95. The Balaban J connectivity index is 2.13. The van der Waals surface area contributed by atoms with Crippen molar-refractivity contribution in [3.8, 4) is 0 Å². The first kappa shape index (κ1) is 11.3. The van der Waals surface area contributed by atoms with E-state index in [-0.39, 0.29) is 0 Å². The van der Waals surface area contributed by atoms with E-state index in [1.807, 2.05) is 6.07 Å². The summed E-state index contributed by atoms with van der Waals surface area (Å²) in [6.07, 6.45) is 4.01. The highest BCUT2D eigenvalue weighted by Crippen LogP contribution is 2.26. The molecule has 0 bridgehead atoms. The van der Waals surface area contributed by atoms with Crippen LogP contribution in [0.1, 0.15) is 31.7 Å². The molecule has 88 valence electrons. The zero-order valence-corrected chi connectivity index (χ0v) is 10.4. The van der Waals surface area contributed by atoms with E-state index >= 15 is 0 Å². The third-order valence-electron chi connectivity index (χ3n) is 3.71. The molecule has 0 aromatic heterocycles. The fourth-order valence-electron chi connectivity index (χ4n) is 2.49. The summed E-state index contributed by atoms with van der Waals surface area (Å²) in [5, 5.41) is 0. The Morgan fingerprint density at radius 3 is 2.94 bits per heavy atom. The van der Waals surface area contributed by atoms with Gasteiger partial charge in [-0.1, -0.05) is 13.3 Å². The van der Waals surface area contributed by atoms with Crippen LogP contribution in [0.15, 0.2) is 18.2 Å². The molecule has 0 aliphatic carbocycles. The monoisotopic (exact) mass is 218 g/mol. The molecule has 1 atom stereocenters.